The van der Waals surface area contributed by atoms with Crippen molar-refractivity contribution in [2.45, 2.75) is 34.1 Å². The lowest BCUT2D eigenvalue weighted by molar-refractivity contribution is 0.470. The summed E-state index contributed by atoms with van der Waals surface area (Å²) in [6.07, 6.45) is 5.53. The Hall–Kier alpha value is -0.590. The molecule has 0 aromatic heterocycles. The standard InChI is InChI=1S/C11H19N/c1-8(2)10-5-6-12-11(7-10)9(3)4/h6-10H,5H2,1-4H3. The maximum atomic E-state index is 4.40. The van der Waals surface area contributed by atoms with Gasteiger partial charge in [-0.2, -0.15) is 0 Å². The van der Waals surface area contributed by atoms with Crippen LogP contribution >= 0.6 is 0 Å². The molecule has 0 N–H and O–H groups in total. The fourth-order valence-corrected chi connectivity index (χ4v) is 1.42. The largest absolute Gasteiger partial charge is 0.266 e. The van der Waals surface area contributed by atoms with Crippen LogP contribution in [-0.4, -0.2) is 6.21 Å². The summed E-state index contributed by atoms with van der Waals surface area (Å²) in [6, 6.07) is 0. The van der Waals surface area contributed by atoms with E-state index in [0.717, 1.165) is 12.3 Å². The normalized spacial score (nSPS) is 23.5. The first-order valence-electron chi connectivity index (χ1n) is 4.85. The third kappa shape index (κ3) is 2.20. The number of aliphatic imine (C=N–C) groups is 1. The van der Waals surface area contributed by atoms with Gasteiger partial charge in [0.25, 0.3) is 0 Å². The number of rotatable bonds is 2. The molecule has 1 heteroatoms. The predicted octanol–water partition coefficient (Wildman–Crippen LogP) is 3.27. The molecule has 0 bridgehead atoms. The third-order valence-corrected chi connectivity index (χ3v) is 2.45. The van der Waals surface area contributed by atoms with Crippen molar-refractivity contribution in [1.29, 1.82) is 0 Å². The molecule has 68 valence electrons. The van der Waals surface area contributed by atoms with E-state index in [1.165, 1.54) is 5.70 Å². The Balaban J connectivity index is 2.69. The summed E-state index contributed by atoms with van der Waals surface area (Å²) in [6.45, 7) is 8.95. The Labute approximate surface area is 75.6 Å². The average Bonchev–Trinajstić information content (AvgIpc) is 2.04. The highest BCUT2D eigenvalue weighted by atomic mass is 14.7. The Morgan fingerprint density at radius 2 is 2.00 bits per heavy atom. The zero-order valence-corrected chi connectivity index (χ0v) is 8.54. The van der Waals surface area contributed by atoms with Gasteiger partial charge in [-0.25, -0.2) is 0 Å². The molecule has 0 aromatic rings. The Morgan fingerprint density at radius 1 is 1.33 bits per heavy atom. The lowest BCUT2D eigenvalue weighted by Gasteiger charge is -2.20. The highest BCUT2D eigenvalue weighted by Gasteiger charge is 2.15. The van der Waals surface area contributed by atoms with Crippen LogP contribution in [0.25, 0.3) is 0 Å². The second-order valence-electron chi connectivity index (χ2n) is 4.20. The fraction of sp³-hybridized carbons (Fsp3) is 0.727. The van der Waals surface area contributed by atoms with Crippen LogP contribution in [0.1, 0.15) is 34.1 Å². The third-order valence-electron chi connectivity index (χ3n) is 2.45. The van der Waals surface area contributed by atoms with Crippen LogP contribution < -0.4 is 0 Å². The molecule has 0 fully saturated rings. The Kier molecular flexibility index (Phi) is 3.07. The predicted molar refractivity (Wildman–Crippen MR) is 54.4 cm³/mol. The molecule has 0 amide bonds. The summed E-state index contributed by atoms with van der Waals surface area (Å²) in [5.41, 5.74) is 1.26. The maximum Gasteiger partial charge on any atom is 0.0388 e. The molecule has 1 unspecified atom stereocenters. The smallest absolute Gasteiger partial charge is 0.0388 e. The van der Waals surface area contributed by atoms with E-state index in [2.05, 4.69) is 45.0 Å². The van der Waals surface area contributed by atoms with E-state index in [9.17, 15) is 0 Å². The number of hydrogen-bond donors (Lipinski definition) is 0. The van der Waals surface area contributed by atoms with Crippen LogP contribution in [0.15, 0.2) is 16.8 Å². The van der Waals surface area contributed by atoms with Crippen molar-refractivity contribution in [2.24, 2.45) is 22.7 Å². The SMILES string of the molecule is CC(C)C1=CC(C(C)C)CC=N1. The van der Waals surface area contributed by atoms with E-state index in [-0.39, 0.29) is 0 Å². The second kappa shape index (κ2) is 3.88. The highest BCUT2D eigenvalue weighted by Crippen LogP contribution is 2.24. The van der Waals surface area contributed by atoms with Crippen LogP contribution in [0.3, 0.4) is 0 Å². The van der Waals surface area contributed by atoms with Gasteiger partial charge in [-0.15, -0.1) is 0 Å². The molecule has 1 aliphatic rings. The molecular formula is C11H19N. The van der Waals surface area contributed by atoms with Crippen LogP contribution in [0.2, 0.25) is 0 Å². The molecule has 0 saturated carbocycles. The van der Waals surface area contributed by atoms with Gasteiger partial charge in [-0.1, -0.05) is 33.8 Å². The second-order valence-corrected chi connectivity index (χ2v) is 4.20. The topological polar surface area (TPSA) is 12.4 Å². The van der Waals surface area contributed by atoms with Crippen LogP contribution in [0.5, 0.6) is 0 Å². The number of nitrogens with zero attached hydrogens (tertiary/aromatic N) is 1. The Bertz CT molecular complexity index is 199. The van der Waals surface area contributed by atoms with Gasteiger partial charge in [-0.05, 0) is 24.2 Å². The van der Waals surface area contributed by atoms with Gasteiger partial charge in [0.2, 0.25) is 0 Å². The summed E-state index contributed by atoms with van der Waals surface area (Å²) in [4.78, 5) is 4.40. The van der Waals surface area contributed by atoms with E-state index in [0.29, 0.717) is 11.8 Å². The van der Waals surface area contributed by atoms with Crippen molar-refractivity contribution in [2.75, 3.05) is 0 Å². The highest BCUT2D eigenvalue weighted by molar-refractivity contribution is 5.61. The molecule has 0 saturated heterocycles. The zero-order chi connectivity index (χ0) is 9.14. The summed E-state index contributed by atoms with van der Waals surface area (Å²) in [7, 11) is 0. The van der Waals surface area contributed by atoms with E-state index >= 15 is 0 Å². The number of allylic oxidation sites excluding steroid dienone is 2. The minimum Gasteiger partial charge on any atom is -0.266 e. The van der Waals surface area contributed by atoms with E-state index in [4.69, 9.17) is 0 Å². The molecule has 1 aliphatic heterocycles. The molecule has 0 spiro atoms. The summed E-state index contributed by atoms with van der Waals surface area (Å²) >= 11 is 0. The first kappa shape index (κ1) is 9.50. The average molecular weight is 165 g/mol. The van der Waals surface area contributed by atoms with Gasteiger partial charge >= 0.3 is 0 Å². The molecule has 12 heavy (non-hydrogen) atoms. The molecule has 1 rings (SSSR count). The molecule has 1 atom stereocenters. The molecule has 1 nitrogen and oxygen atoms in total. The quantitative estimate of drug-likeness (QED) is 0.595. The zero-order valence-electron chi connectivity index (χ0n) is 8.54. The summed E-state index contributed by atoms with van der Waals surface area (Å²) in [5, 5.41) is 0. The van der Waals surface area contributed by atoms with Gasteiger partial charge in [0.15, 0.2) is 0 Å². The van der Waals surface area contributed by atoms with Crippen molar-refractivity contribution >= 4 is 6.21 Å². The van der Waals surface area contributed by atoms with E-state index < -0.39 is 0 Å². The molecule has 1 heterocycles. The van der Waals surface area contributed by atoms with Gasteiger partial charge < -0.3 is 0 Å². The molecule has 0 radical (unpaired) electrons. The van der Waals surface area contributed by atoms with Crippen molar-refractivity contribution in [3.8, 4) is 0 Å². The van der Waals surface area contributed by atoms with Crippen molar-refractivity contribution in [3.63, 3.8) is 0 Å². The summed E-state index contributed by atoms with van der Waals surface area (Å²) in [5.74, 6) is 2.02. The first-order valence-corrected chi connectivity index (χ1v) is 4.85. The maximum absolute atomic E-state index is 4.40. The lowest BCUT2D eigenvalue weighted by atomic mass is 9.89. The summed E-state index contributed by atoms with van der Waals surface area (Å²) < 4.78 is 0. The van der Waals surface area contributed by atoms with Crippen LogP contribution in [0, 0.1) is 17.8 Å². The van der Waals surface area contributed by atoms with Crippen LogP contribution in [0.4, 0.5) is 0 Å². The van der Waals surface area contributed by atoms with E-state index in [1.54, 1.807) is 0 Å². The fourth-order valence-electron chi connectivity index (χ4n) is 1.42. The minimum atomic E-state index is 0.572. The first-order chi connectivity index (χ1) is 5.61. The van der Waals surface area contributed by atoms with E-state index in [1.807, 2.05) is 0 Å². The van der Waals surface area contributed by atoms with Crippen molar-refractivity contribution in [3.05, 3.63) is 11.8 Å². The molecular weight excluding hydrogens is 146 g/mol. The van der Waals surface area contributed by atoms with Gasteiger partial charge in [-0.3, -0.25) is 4.99 Å². The van der Waals surface area contributed by atoms with Gasteiger partial charge in [0.05, 0.1) is 0 Å². The lowest BCUT2D eigenvalue weighted by Crippen LogP contribution is -2.11. The Morgan fingerprint density at radius 3 is 2.50 bits per heavy atom. The van der Waals surface area contributed by atoms with Crippen molar-refractivity contribution in [1.82, 2.24) is 0 Å². The monoisotopic (exact) mass is 165 g/mol. The minimum absolute atomic E-state index is 0.572. The molecule has 0 aliphatic carbocycles. The van der Waals surface area contributed by atoms with Crippen LogP contribution in [-0.2, 0) is 0 Å². The van der Waals surface area contributed by atoms with Crippen molar-refractivity contribution < 1.29 is 0 Å². The number of hydrogen-bond acceptors (Lipinski definition) is 1. The van der Waals surface area contributed by atoms with Gasteiger partial charge in [0, 0.05) is 11.9 Å². The van der Waals surface area contributed by atoms with Gasteiger partial charge in [0.1, 0.15) is 0 Å². The molecule has 0 aromatic carbocycles.